The molecular formula is C11H22O5. The van der Waals surface area contributed by atoms with Crippen LogP contribution < -0.4 is 0 Å². The second kappa shape index (κ2) is 12.2. The van der Waals surface area contributed by atoms with Crippen LogP contribution in [-0.2, 0) is 14.3 Å². The fourth-order valence-electron chi connectivity index (χ4n) is 0.529. The zero-order chi connectivity index (χ0) is 13.0. The maximum absolute atomic E-state index is 9.84. The minimum atomic E-state index is -0.394. The van der Waals surface area contributed by atoms with Gasteiger partial charge in [0.1, 0.15) is 0 Å². The van der Waals surface area contributed by atoms with E-state index in [0.29, 0.717) is 13.0 Å². The van der Waals surface area contributed by atoms with E-state index >= 15 is 0 Å². The molecule has 0 aromatic rings. The number of carbonyl (C=O) groups is 1. The van der Waals surface area contributed by atoms with E-state index in [-0.39, 0.29) is 12.7 Å². The normalized spacial score (nSPS) is 13.1. The molecule has 0 heterocycles. The Kier molecular flexibility index (Phi) is 13.3. The van der Waals surface area contributed by atoms with Gasteiger partial charge in [-0.3, -0.25) is 0 Å². The van der Waals surface area contributed by atoms with E-state index in [1.54, 1.807) is 6.92 Å². The van der Waals surface area contributed by atoms with Crippen molar-refractivity contribution in [1.29, 1.82) is 0 Å². The van der Waals surface area contributed by atoms with E-state index in [1.807, 2.05) is 6.92 Å². The molecule has 0 fully saturated rings. The Bertz CT molecular complexity index is 171. The Balaban J connectivity index is 0. The topological polar surface area (TPSA) is 76.0 Å². The summed E-state index contributed by atoms with van der Waals surface area (Å²) >= 11 is 0. The lowest BCUT2D eigenvalue weighted by molar-refractivity contribution is -0.134. The van der Waals surface area contributed by atoms with Gasteiger partial charge in [0, 0.05) is 6.08 Å². The lowest BCUT2D eigenvalue weighted by Crippen LogP contribution is -2.21. The van der Waals surface area contributed by atoms with Crippen LogP contribution in [0.4, 0.5) is 0 Å². The van der Waals surface area contributed by atoms with Crippen LogP contribution in [0.3, 0.4) is 0 Å². The highest BCUT2D eigenvalue weighted by Gasteiger charge is 2.03. The van der Waals surface area contributed by atoms with E-state index in [4.69, 9.17) is 14.9 Å². The highest BCUT2D eigenvalue weighted by molar-refractivity contribution is 5.80. The van der Waals surface area contributed by atoms with Crippen molar-refractivity contribution in [2.24, 2.45) is 0 Å². The smallest absolute Gasteiger partial charge is 0.329 e. The molecule has 0 amide bonds. The van der Waals surface area contributed by atoms with Crippen molar-refractivity contribution in [3.63, 3.8) is 0 Å². The third kappa shape index (κ3) is 13.1. The lowest BCUT2D eigenvalue weighted by atomic mass is 10.3. The van der Waals surface area contributed by atoms with Crippen molar-refractivity contribution in [3.05, 3.63) is 12.7 Å². The number of ether oxygens (including phenoxy) is 2. The number of rotatable bonds is 6. The third-order valence-corrected chi connectivity index (χ3v) is 1.67. The Morgan fingerprint density at radius 1 is 1.56 bits per heavy atom. The summed E-state index contributed by atoms with van der Waals surface area (Å²) in [6, 6.07) is 0. The maximum Gasteiger partial charge on any atom is 0.329 e. The van der Waals surface area contributed by atoms with Crippen LogP contribution in [-0.4, -0.2) is 48.7 Å². The summed E-state index contributed by atoms with van der Waals surface area (Å²) in [6.07, 6.45) is 1.24. The third-order valence-electron chi connectivity index (χ3n) is 1.67. The van der Waals surface area contributed by atoms with Crippen molar-refractivity contribution in [3.8, 4) is 0 Å². The van der Waals surface area contributed by atoms with Gasteiger partial charge >= 0.3 is 5.97 Å². The maximum atomic E-state index is 9.84. The van der Waals surface area contributed by atoms with Gasteiger partial charge in [-0.2, -0.15) is 0 Å². The summed E-state index contributed by atoms with van der Waals surface area (Å²) in [4.78, 5) is 9.84. The second-order valence-electron chi connectivity index (χ2n) is 3.12. The molecule has 2 N–H and O–H groups in total. The predicted molar refractivity (Wildman–Crippen MR) is 61.0 cm³/mol. The Labute approximate surface area is 96.7 Å². The van der Waals surface area contributed by atoms with Crippen LogP contribution in [0.25, 0.3) is 0 Å². The van der Waals surface area contributed by atoms with Crippen molar-refractivity contribution in [2.45, 2.75) is 32.5 Å². The van der Waals surface area contributed by atoms with Crippen LogP contribution in [0.15, 0.2) is 12.7 Å². The van der Waals surface area contributed by atoms with Crippen LogP contribution in [0, 0.1) is 0 Å². The summed E-state index contributed by atoms with van der Waals surface area (Å²) in [5, 5.41) is 17.5. The molecule has 0 spiro atoms. The van der Waals surface area contributed by atoms with Gasteiger partial charge in [0.25, 0.3) is 0 Å². The van der Waals surface area contributed by atoms with Gasteiger partial charge in [-0.15, -0.1) is 0 Å². The summed E-state index contributed by atoms with van der Waals surface area (Å²) in [5.41, 5.74) is 0. The van der Waals surface area contributed by atoms with Crippen LogP contribution >= 0.6 is 0 Å². The number of hydrogen-bond donors (Lipinski definition) is 2. The van der Waals surface area contributed by atoms with E-state index in [1.165, 1.54) is 7.11 Å². The van der Waals surface area contributed by atoms with Gasteiger partial charge in [-0.1, -0.05) is 13.5 Å². The molecule has 0 radical (unpaired) electrons. The number of esters is 1. The SMILES string of the molecule is C=CC(=O)OC.CCC(O)COC(C)CO. The number of methoxy groups -OCH3 is 1. The van der Waals surface area contributed by atoms with Gasteiger partial charge in [-0.25, -0.2) is 4.79 Å². The zero-order valence-electron chi connectivity index (χ0n) is 10.2. The van der Waals surface area contributed by atoms with E-state index < -0.39 is 12.1 Å². The van der Waals surface area contributed by atoms with E-state index in [0.717, 1.165) is 6.08 Å². The van der Waals surface area contributed by atoms with Gasteiger partial charge < -0.3 is 19.7 Å². The standard InChI is InChI=1S/C7H16O3.C4H6O2/c1-3-7(9)5-10-6(2)4-8;1-3-4(5)6-2/h6-9H,3-5H2,1-2H3;3H,1H2,2H3. The molecular weight excluding hydrogens is 212 g/mol. The van der Waals surface area contributed by atoms with Gasteiger partial charge in [0.2, 0.25) is 0 Å². The van der Waals surface area contributed by atoms with Gasteiger partial charge in [0.15, 0.2) is 0 Å². The molecule has 2 unspecified atom stereocenters. The fraction of sp³-hybridized carbons (Fsp3) is 0.727. The molecule has 5 nitrogen and oxygen atoms in total. The van der Waals surface area contributed by atoms with Crippen molar-refractivity contribution >= 4 is 5.97 Å². The molecule has 0 bridgehead atoms. The highest BCUT2D eigenvalue weighted by Crippen LogP contribution is 1.94. The fourth-order valence-corrected chi connectivity index (χ4v) is 0.529. The van der Waals surface area contributed by atoms with Crippen LogP contribution in [0.1, 0.15) is 20.3 Å². The summed E-state index contributed by atoms with van der Waals surface area (Å²) in [7, 11) is 1.31. The van der Waals surface area contributed by atoms with Gasteiger partial charge in [-0.05, 0) is 13.3 Å². The molecule has 0 aliphatic carbocycles. The first-order valence-corrected chi connectivity index (χ1v) is 5.12. The average Bonchev–Trinajstić information content (AvgIpc) is 2.34. The molecule has 96 valence electrons. The Morgan fingerprint density at radius 2 is 2.12 bits per heavy atom. The minimum absolute atomic E-state index is 0.0104. The number of aliphatic hydroxyl groups is 2. The minimum Gasteiger partial charge on any atom is -0.466 e. The first-order chi connectivity index (χ1) is 7.51. The first-order valence-electron chi connectivity index (χ1n) is 5.12. The Morgan fingerprint density at radius 3 is 2.38 bits per heavy atom. The zero-order valence-corrected chi connectivity index (χ0v) is 10.2. The first kappa shape index (κ1) is 17.5. The van der Waals surface area contributed by atoms with Crippen molar-refractivity contribution in [2.75, 3.05) is 20.3 Å². The quantitative estimate of drug-likeness (QED) is 0.517. The molecule has 16 heavy (non-hydrogen) atoms. The number of hydrogen-bond acceptors (Lipinski definition) is 5. The molecule has 0 aliphatic heterocycles. The van der Waals surface area contributed by atoms with Crippen LogP contribution in [0.2, 0.25) is 0 Å². The molecule has 2 atom stereocenters. The molecule has 0 saturated carbocycles. The van der Waals surface area contributed by atoms with Crippen molar-refractivity contribution in [1.82, 2.24) is 0 Å². The molecule has 0 aromatic carbocycles. The molecule has 0 saturated heterocycles. The largest absolute Gasteiger partial charge is 0.466 e. The summed E-state index contributed by atoms with van der Waals surface area (Å²) < 4.78 is 9.19. The average molecular weight is 234 g/mol. The van der Waals surface area contributed by atoms with E-state index in [9.17, 15) is 4.79 Å². The molecule has 0 aliphatic rings. The second-order valence-corrected chi connectivity index (χ2v) is 3.12. The van der Waals surface area contributed by atoms with Crippen LogP contribution in [0.5, 0.6) is 0 Å². The summed E-state index contributed by atoms with van der Waals surface area (Å²) in [6.45, 7) is 7.14. The van der Waals surface area contributed by atoms with E-state index in [2.05, 4.69) is 11.3 Å². The lowest BCUT2D eigenvalue weighted by Gasteiger charge is -2.12. The van der Waals surface area contributed by atoms with Crippen molar-refractivity contribution < 1.29 is 24.5 Å². The van der Waals surface area contributed by atoms with Gasteiger partial charge in [0.05, 0.1) is 32.5 Å². The molecule has 5 heteroatoms. The molecule has 0 aromatic heterocycles. The predicted octanol–water partition coefficient (Wildman–Crippen LogP) is 0.500. The highest BCUT2D eigenvalue weighted by atomic mass is 16.5. The number of aliphatic hydroxyl groups excluding tert-OH is 2. The molecule has 0 rings (SSSR count). The monoisotopic (exact) mass is 234 g/mol. The Hall–Kier alpha value is -0.910. The summed E-state index contributed by atoms with van der Waals surface area (Å²) in [5.74, 6) is -0.394. The number of carbonyl (C=O) groups excluding carboxylic acids is 1.